The number of hydrogen-bond donors (Lipinski definition) is 1. The number of aliphatic hydroxyl groups excluding tert-OH is 1. The van der Waals surface area contributed by atoms with Gasteiger partial charge in [0.25, 0.3) is 0 Å². The zero-order valence-electron chi connectivity index (χ0n) is 11.2. The van der Waals surface area contributed by atoms with Crippen LogP contribution in [0.4, 0.5) is 0 Å². The largest absolute Gasteiger partial charge is 0.393 e. The van der Waals surface area contributed by atoms with Crippen molar-refractivity contribution in [3.63, 3.8) is 0 Å². The molecule has 0 saturated carbocycles. The molecule has 0 aromatic rings. The molecule has 0 spiro atoms. The number of carbonyl (C=O) groups excluding carboxylic acids is 1. The Bertz CT molecular complexity index is 223. The fourth-order valence-electron chi connectivity index (χ4n) is 2.14. The van der Waals surface area contributed by atoms with E-state index in [9.17, 15) is 9.90 Å². The van der Waals surface area contributed by atoms with Crippen LogP contribution in [0.5, 0.6) is 0 Å². The highest BCUT2D eigenvalue weighted by Gasteiger charge is 2.16. The normalized spacial score (nSPS) is 19.2. The van der Waals surface area contributed by atoms with Gasteiger partial charge >= 0.3 is 0 Å². The Morgan fingerprint density at radius 1 is 1.29 bits per heavy atom. The minimum atomic E-state index is -0.286. The molecule has 1 atom stereocenters. The number of amides is 1. The van der Waals surface area contributed by atoms with E-state index in [1.807, 2.05) is 16.8 Å². The lowest BCUT2D eigenvalue weighted by Crippen LogP contribution is -2.40. The summed E-state index contributed by atoms with van der Waals surface area (Å²) in [4.78, 5) is 16.0. The lowest BCUT2D eigenvalue weighted by atomic mass is 10.2. The van der Waals surface area contributed by atoms with E-state index < -0.39 is 0 Å². The van der Waals surface area contributed by atoms with Gasteiger partial charge in [0.05, 0.1) is 12.6 Å². The summed E-state index contributed by atoms with van der Waals surface area (Å²) in [6.45, 7) is 4.88. The first-order valence-electron chi connectivity index (χ1n) is 6.74. The maximum absolute atomic E-state index is 12.0. The molecule has 4 heteroatoms. The third kappa shape index (κ3) is 6.03. The molecule has 1 aliphatic heterocycles. The van der Waals surface area contributed by atoms with Crippen molar-refractivity contribution in [3.05, 3.63) is 0 Å². The smallest absolute Gasteiger partial charge is 0.236 e. The summed E-state index contributed by atoms with van der Waals surface area (Å²) < 4.78 is 0. The predicted molar refractivity (Wildman–Crippen MR) is 68.8 cm³/mol. The van der Waals surface area contributed by atoms with Gasteiger partial charge in [-0.3, -0.25) is 9.69 Å². The van der Waals surface area contributed by atoms with Crippen LogP contribution in [0.2, 0.25) is 0 Å². The SMILES string of the molecule is CC(O)CCN(C)CC(=O)N1CCCCCC1. The number of likely N-dealkylation sites (tertiary alicyclic amines) is 1. The van der Waals surface area contributed by atoms with Crippen molar-refractivity contribution in [3.8, 4) is 0 Å². The van der Waals surface area contributed by atoms with E-state index in [2.05, 4.69) is 0 Å². The fourth-order valence-corrected chi connectivity index (χ4v) is 2.14. The van der Waals surface area contributed by atoms with Gasteiger partial charge in [-0.25, -0.2) is 0 Å². The van der Waals surface area contributed by atoms with Gasteiger partial charge < -0.3 is 10.0 Å². The average molecular weight is 242 g/mol. The molecule has 1 aliphatic rings. The van der Waals surface area contributed by atoms with Crippen LogP contribution in [0.25, 0.3) is 0 Å². The minimum absolute atomic E-state index is 0.236. The van der Waals surface area contributed by atoms with Crippen LogP contribution in [0.15, 0.2) is 0 Å². The van der Waals surface area contributed by atoms with Crippen molar-refractivity contribution in [2.24, 2.45) is 0 Å². The molecule has 1 amide bonds. The third-order valence-electron chi connectivity index (χ3n) is 3.29. The Morgan fingerprint density at radius 3 is 2.41 bits per heavy atom. The van der Waals surface area contributed by atoms with E-state index in [4.69, 9.17) is 0 Å². The second kappa shape index (κ2) is 7.67. The summed E-state index contributed by atoms with van der Waals surface area (Å²) >= 11 is 0. The average Bonchev–Trinajstić information content (AvgIpc) is 2.54. The fraction of sp³-hybridized carbons (Fsp3) is 0.923. The highest BCUT2D eigenvalue weighted by Crippen LogP contribution is 2.10. The summed E-state index contributed by atoms with van der Waals surface area (Å²) in [5.41, 5.74) is 0. The number of rotatable bonds is 5. The number of nitrogens with zero attached hydrogens (tertiary/aromatic N) is 2. The molecule has 17 heavy (non-hydrogen) atoms. The summed E-state index contributed by atoms with van der Waals surface area (Å²) in [5, 5.41) is 9.20. The lowest BCUT2D eigenvalue weighted by Gasteiger charge is -2.24. The monoisotopic (exact) mass is 242 g/mol. The Labute approximate surface area is 105 Å². The zero-order chi connectivity index (χ0) is 12.7. The topological polar surface area (TPSA) is 43.8 Å². The molecular weight excluding hydrogens is 216 g/mol. The third-order valence-corrected chi connectivity index (χ3v) is 3.29. The molecule has 1 unspecified atom stereocenters. The quantitative estimate of drug-likeness (QED) is 0.785. The molecule has 0 bridgehead atoms. The van der Waals surface area contributed by atoms with Gasteiger partial charge in [-0.1, -0.05) is 12.8 Å². The number of aliphatic hydroxyl groups is 1. The number of carbonyl (C=O) groups is 1. The molecule has 0 aromatic carbocycles. The highest BCUT2D eigenvalue weighted by atomic mass is 16.3. The molecule has 0 aliphatic carbocycles. The van der Waals surface area contributed by atoms with Gasteiger partial charge in [-0.15, -0.1) is 0 Å². The van der Waals surface area contributed by atoms with Crippen LogP contribution in [-0.4, -0.2) is 60.1 Å². The Morgan fingerprint density at radius 2 is 1.88 bits per heavy atom. The van der Waals surface area contributed by atoms with E-state index in [0.29, 0.717) is 6.54 Å². The summed E-state index contributed by atoms with van der Waals surface area (Å²) in [5.74, 6) is 0.236. The first-order chi connectivity index (χ1) is 8.09. The predicted octanol–water partition coefficient (Wildman–Crippen LogP) is 1.09. The van der Waals surface area contributed by atoms with Crippen LogP contribution < -0.4 is 0 Å². The molecular formula is C13H26N2O2. The Balaban J connectivity index is 2.26. The summed E-state index contributed by atoms with van der Waals surface area (Å²) in [7, 11) is 1.94. The molecule has 1 saturated heterocycles. The van der Waals surface area contributed by atoms with Gasteiger partial charge in [-0.2, -0.15) is 0 Å². The molecule has 100 valence electrons. The molecule has 1 heterocycles. The van der Waals surface area contributed by atoms with Gasteiger partial charge in [-0.05, 0) is 33.2 Å². The van der Waals surface area contributed by atoms with E-state index in [1.54, 1.807) is 6.92 Å². The Kier molecular flexibility index (Phi) is 6.52. The Hall–Kier alpha value is -0.610. The van der Waals surface area contributed by atoms with Crippen LogP contribution in [-0.2, 0) is 4.79 Å². The molecule has 0 radical (unpaired) electrons. The van der Waals surface area contributed by atoms with Gasteiger partial charge in [0.2, 0.25) is 5.91 Å². The first-order valence-corrected chi connectivity index (χ1v) is 6.74. The van der Waals surface area contributed by atoms with Crippen molar-refractivity contribution < 1.29 is 9.90 Å². The minimum Gasteiger partial charge on any atom is -0.393 e. The summed E-state index contributed by atoms with van der Waals surface area (Å²) in [6, 6.07) is 0. The van der Waals surface area contributed by atoms with Crippen molar-refractivity contribution in [1.82, 2.24) is 9.80 Å². The second-order valence-electron chi connectivity index (χ2n) is 5.17. The second-order valence-corrected chi connectivity index (χ2v) is 5.17. The van der Waals surface area contributed by atoms with Crippen LogP contribution in [0.1, 0.15) is 39.0 Å². The molecule has 4 nitrogen and oxygen atoms in total. The molecule has 0 aromatic heterocycles. The van der Waals surface area contributed by atoms with Gasteiger partial charge in [0.1, 0.15) is 0 Å². The number of hydrogen-bond acceptors (Lipinski definition) is 3. The lowest BCUT2D eigenvalue weighted by molar-refractivity contribution is -0.132. The van der Waals surface area contributed by atoms with E-state index in [0.717, 1.165) is 38.9 Å². The van der Waals surface area contributed by atoms with Crippen molar-refractivity contribution >= 4 is 5.91 Å². The molecule has 1 rings (SSSR count). The highest BCUT2D eigenvalue weighted by molar-refractivity contribution is 5.78. The number of likely N-dealkylation sites (N-methyl/N-ethyl adjacent to an activating group) is 1. The maximum Gasteiger partial charge on any atom is 0.236 e. The summed E-state index contributed by atoms with van der Waals surface area (Å²) in [6.07, 6.45) is 5.23. The maximum atomic E-state index is 12.0. The van der Waals surface area contributed by atoms with Gasteiger partial charge in [0.15, 0.2) is 0 Å². The van der Waals surface area contributed by atoms with Crippen molar-refractivity contribution in [2.75, 3.05) is 33.2 Å². The molecule has 1 fully saturated rings. The van der Waals surface area contributed by atoms with Crippen molar-refractivity contribution in [1.29, 1.82) is 0 Å². The van der Waals surface area contributed by atoms with Gasteiger partial charge in [0, 0.05) is 19.6 Å². The first kappa shape index (κ1) is 14.5. The zero-order valence-corrected chi connectivity index (χ0v) is 11.2. The van der Waals surface area contributed by atoms with E-state index in [-0.39, 0.29) is 12.0 Å². The van der Waals surface area contributed by atoms with E-state index in [1.165, 1.54) is 12.8 Å². The van der Waals surface area contributed by atoms with Crippen LogP contribution in [0.3, 0.4) is 0 Å². The van der Waals surface area contributed by atoms with Crippen LogP contribution >= 0.6 is 0 Å². The molecule has 1 N–H and O–H groups in total. The standard InChI is InChI=1S/C13H26N2O2/c1-12(16)7-10-14(2)11-13(17)15-8-5-3-4-6-9-15/h12,16H,3-11H2,1-2H3. The van der Waals surface area contributed by atoms with E-state index >= 15 is 0 Å². The van der Waals surface area contributed by atoms with Crippen molar-refractivity contribution in [2.45, 2.75) is 45.1 Å². The van der Waals surface area contributed by atoms with Crippen LogP contribution in [0, 0.1) is 0 Å².